The van der Waals surface area contributed by atoms with Gasteiger partial charge in [-0.2, -0.15) is 0 Å². The lowest BCUT2D eigenvalue weighted by Crippen LogP contribution is -2.34. The Balaban J connectivity index is 2.81. The molecule has 0 aliphatic rings. The quantitative estimate of drug-likeness (QED) is 0.760. The Morgan fingerprint density at radius 2 is 2.06 bits per heavy atom. The van der Waals surface area contributed by atoms with Crippen molar-refractivity contribution in [3.05, 3.63) is 18.1 Å². The number of carbonyl (C=O) groups excluding carboxylic acids is 1. The van der Waals surface area contributed by atoms with Crippen LogP contribution in [0.5, 0.6) is 0 Å². The average Bonchev–Trinajstić information content (AvgIpc) is 2.59. The molecular formula is C12H19NO2S. The number of hydrogen-bond donors (Lipinski definition) is 0. The minimum atomic E-state index is -0.0497. The summed E-state index contributed by atoms with van der Waals surface area (Å²) in [5, 5.41) is -0.0497. The normalized spacial score (nSPS) is 12.9. The highest BCUT2D eigenvalue weighted by Gasteiger charge is 2.25. The molecule has 90 valence electrons. The van der Waals surface area contributed by atoms with Crippen molar-refractivity contribution < 1.29 is 9.21 Å². The van der Waals surface area contributed by atoms with Crippen molar-refractivity contribution in [1.82, 2.24) is 4.90 Å². The summed E-state index contributed by atoms with van der Waals surface area (Å²) in [5.74, 6) is 1.33. The summed E-state index contributed by atoms with van der Waals surface area (Å²) in [4.78, 5) is 14.7. The Morgan fingerprint density at radius 3 is 2.44 bits per heavy atom. The molecule has 0 aliphatic heterocycles. The maximum absolute atomic E-state index is 12.0. The van der Waals surface area contributed by atoms with E-state index in [-0.39, 0.29) is 11.2 Å². The first-order valence-electron chi connectivity index (χ1n) is 5.35. The van der Waals surface area contributed by atoms with Crippen LogP contribution in [0.15, 0.2) is 21.6 Å². The Morgan fingerprint density at radius 1 is 1.44 bits per heavy atom. The Bertz CT molecular complexity index is 358. The molecule has 1 aromatic heterocycles. The van der Waals surface area contributed by atoms with Gasteiger partial charge < -0.3 is 9.32 Å². The summed E-state index contributed by atoms with van der Waals surface area (Å²) in [5.41, 5.74) is 0. The number of rotatable bonds is 4. The fraction of sp³-hybridized carbons (Fsp3) is 0.583. The lowest BCUT2D eigenvalue weighted by Gasteiger charge is -2.22. The summed E-state index contributed by atoms with van der Waals surface area (Å²) >= 11 is 1.58. The molecule has 0 radical (unpaired) electrons. The number of thioether (sulfide) groups is 1. The van der Waals surface area contributed by atoms with Crippen molar-refractivity contribution in [2.75, 3.05) is 14.1 Å². The largest absolute Gasteiger partial charge is 0.468 e. The van der Waals surface area contributed by atoms with E-state index in [0.29, 0.717) is 5.92 Å². The van der Waals surface area contributed by atoms with Crippen molar-refractivity contribution in [2.45, 2.75) is 30.9 Å². The van der Waals surface area contributed by atoms with Gasteiger partial charge in [-0.1, -0.05) is 13.8 Å². The van der Waals surface area contributed by atoms with Crippen molar-refractivity contribution >= 4 is 17.7 Å². The van der Waals surface area contributed by atoms with Gasteiger partial charge in [-0.05, 0) is 18.9 Å². The van der Waals surface area contributed by atoms with Gasteiger partial charge in [0.25, 0.3) is 0 Å². The third-order valence-corrected chi connectivity index (χ3v) is 4.03. The van der Waals surface area contributed by atoms with Gasteiger partial charge in [0.1, 0.15) is 5.76 Å². The average molecular weight is 241 g/mol. The minimum absolute atomic E-state index is 0.0497. The molecule has 0 N–H and O–H groups in total. The summed E-state index contributed by atoms with van der Waals surface area (Å²) in [6, 6.07) is 1.92. The number of nitrogens with zero attached hydrogens (tertiary/aromatic N) is 1. The zero-order valence-electron chi connectivity index (χ0n) is 10.5. The molecule has 0 unspecified atom stereocenters. The predicted molar refractivity (Wildman–Crippen MR) is 66.6 cm³/mol. The molecule has 0 saturated heterocycles. The molecule has 1 heterocycles. The maximum Gasteiger partial charge on any atom is 0.235 e. The van der Waals surface area contributed by atoms with Crippen molar-refractivity contribution in [3.8, 4) is 0 Å². The van der Waals surface area contributed by atoms with Crippen LogP contribution in [0, 0.1) is 12.8 Å². The highest BCUT2D eigenvalue weighted by molar-refractivity contribution is 8.00. The minimum Gasteiger partial charge on any atom is -0.468 e. The molecule has 1 rings (SSSR count). The molecule has 3 nitrogen and oxygen atoms in total. The first kappa shape index (κ1) is 13.2. The summed E-state index contributed by atoms with van der Waals surface area (Å²) in [6.07, 6.45) is 1.66. The van der Waals surface area contributed by atoms with Gasteiger partial charge >= 0.3 is 0 Å². The SMILES string of the molecule is Cc1occc1S[C@H](C(=O)N(C)C)C(C)C. The predicted octanol–water partition coefficient (Wildman–Crippen LogP) is 2.79. The van der Waals surface area contributed by atoms with Crippen LogP contribution in [0.2, 0.25) is 0 Å². The summed E-state index contributed by atoms with van der Waals surface area (Å²) in [7, 11) is 3.58. The standard InChI is InChI=1S/C12H19NO2S/c1-8(2)11(12(14)13(4)5)16-10-6-7-15-9(10)3/h6-8,11H,1-5H3/t11-/m0/s1. The molecule has 0 aromatic carbocycles. The molecular weight excluding hydrogens is 222 g/mol. The molecule has 0 aliphatic carbocycles. The molecule has 0 spiro atoms. The lowest BCUT2D eigenvalue weighted by atomic mass is 10.1. The molecule has 4 heteroatoms. The maximum atomic E-state index is 12.0. The first-order valence-corrected chi connectivity index (χ1v) is 6.23. The Labute approximate surface area is 101 Å². The van der Waals surface area contributed by atoms with E-state index < -0.39 is 0 Å². The van der Waals surface area contributed by atoms with Crippen molar-refractivity contribution in [1.29, 1.82) is 0 Å². The number of amides is 1. The van der Waals surface area contributed by atoms with Gasteiger partial charge in [-0.3, -0.25) is 4.79 Å². The van der Waals surface area contributed by atoms with E-state index in [0.717, 1.165) is 10.7 Å². The van der Waals surface area contributed by atoms with Gasteiger partial charge in [-0.25, -0.2) is 0 Å². The van der Waals surface area contributed by atoms with E-state index in [4.69, 9.17) is 4.42 Å². The number of hydrogen-bond acceptors (Lipinski definition) is 3. The van der Waals surface area contributed by atoms with E-state index in [9.17, 15) is 4.79 Å². The van der Waals surface area contributed by atoms with E-state index in [1.54, 1.807) is 37.0 Å². The van der Waals surface area contributed by atoms with Crippen LogP contribution in [0.1, 0.15) is 19.6 Å². The topological polar surface area (TPSA) is 33.5 Å². The smallest absolute Gasteiger partial charge is 0.235 e. The molecule has 16 heavy (non-hydrogen) atoms. The number of aryl methyl sites for hydroxylation is 1. The fourth-order valence-electron chi connectivity index (χ4n) is 1.36. The van der Waals surface area contributed by atoms with Gasteiger partial charge in [0.15, 0.2) is 0 Å². The Hall–Kier alpha value is -0.900. The second kappa shape index (κ2) is 5.43. The van der Waals surface area contributed by atoms with Gasteiger partial charge in [0.2, 0.25) is 5.91 Å². The van der Waals surface area contributed by atoms with Crippen LogP contribution in [-0.2, 0) is 4.79 Å². The molecule has 1 atom stereocenters. The Kier molecular flexibility index (Phi) is 4.47. The van der Waals surface area contributed by atoms with E-state index in [1.807, 2.05) is 13.0 Å². The number of furan rings is 1. The molecule has 1 aromatic rings. The summed E-state index contributed by atoms with van der Waals surface area (Å²) in [6.45, 7) is 6.04. The molecule has 0 saturated carbocycles. The molecule has 0 fully saturated rings. The summed E-state index contributed by atoms with van der Waals surface area (Å²) < 4.78 is 5.24. The highest BCUT2D eigenvalue weighted by atomic mass is 32.2. The van der Waals surface area contributed by atoms with Crippen LogP contribution in [0.3, 0.4) is 0 Å². The van der Waals surface area contributed by atoms with Crippen molar-refractivity contribution in [3.63, 3.8) is 0 Å². The second-order valence-corrected chi connectivity index (χ2v) is 5.54. The van der Waals surface area contributed by atoms with Crippen LogP contribution in [0.25, 0.3) is 0 Å². The zero-order valence-corrected chi connectivity index (χ0v) is 11.3. The first-order chi connectivity index (χ1) is 7.43. The van der Waals surface area contributed by atoms with Gasteiger partial charge in [-0.15, -0.1) is 11.8 Å². The number of carbonyl (C=O) groups is 1. The van der Waals surface area contributed by atoms with Crippen LogP contribution >= 0.6 is 11.8 Å². The third-order valence-electron chi connectivity index (χ3n) is 2.35. The van der Waals surface area contributed by atoms with Gasteiger partial charge in [0.05, 0.1) is 11.5 Å². The van der Waals surface area contributed by atoms with Crippen molar-refractivity contribution in [2.24, 2.45) is 5.92 Å². The van der Waals surface area contributed by atoms with E-state index >= 15 is 0 Å². The van der Waals surface area contributed by atoms with E-state index in [2.05, 4.69) is 13.8 Å². The zero-order chi connectivity index (χ0) is 12.3. The van der Waals surface area contributed by atoms with Crippen LogP contribution < -0.4 is 0 Å². The fourth-order valence-corrected chi connectivity index (χ4v) is 2.56. The second-order valence-electron chi connectivity index (χ2n) is 4.36. The monoisotopic (exact) mass is 241 g/mol. The molecule has 0 bridgehead atoms. The highest BCUT2D eigenvalue weighted by Crippen LogP contribution is 2.31. The third kappa shape index (κ3) is 3.04. The molecule has 1 amide bonds. The van der Waals surface area contributed by atoms with Crippen LogP contribution in [0.4, 0.5) is 0 Å². The van der Waals surface area contributed by atoms with E-state index in [1.165, 1.54) is 0 Å². The lowest BCUT2D eigenvalue weighted by molar-refractivity contribution is -0.128. The van der Waals surface area contributed by atoms with Gasteiger partial charge in [0, 0.05) is 19.0 Å². The van der Waals surface area contributed by atoms with Crippen LogP contribution in [-0.4, -0.2) is 30.2 Å².